The Bertz CT molecular complexity index is 998. The monoisotopic (exact) mass is 596 g/mol. The highest BCUT2D eigenvalue weighted by Crippen LogP contribution is 2.07. The zero-order valence-electron chi connectivity index (χ0n) is 26.7. The van der Waals surface area contributed by atoms with Crippen LogP contribution in [0.4, 0.5) is 0 Å². The van der Waals surface area contributed by atoms with E-state index in [-0.39, 0.29) is 67.6 Å². The molecule has 0 aromatic heterocycles. The highest BCUT2D eigenvalue weighted by Gasteiger charge is 2.25. The molecule has 8 heteroatoms. The number of Topliss-reactive ketones (excluding diaryl/α,β-unsaturated/α-hetero) is 2. The summed E-state index contributed by atoms with van der Waals surface area (Å²) in [5.74, 6) is -0.208. The van der Waals surface area contributed by atoms with E-state index in [1.54, 1.807) is 0 Å². The summed E-state index contributed by atoms with van der Waals surface area (Å²) in [4.78, 5) is 48.4. The van der Waals surface area contributed by atoms with E-state index in [4.69, 9.17) is 0 Å². The summed E-state index contributed by atoms with van der Waals surface area (Å²) >= 11 is 0. The van der Waals surface area contributed by atoms with Gasteiger partial charge in [-0.25, -0.2) is 0 Å². The number of hydrogen-bond donors (Lipinski definition) is 4. The van der Waals surface area contributed by atoms with E-state index in [1.807, 2.05) is 116 Å². The average molecular weight is 597 g/mol. The van der Waals surface area contributed by atoms with E-state index in [2.05, 4.69) is 21.3 Å². The third-order valence-corrected chi connectivity index (χ3v) is 6.34. The molecule has 2 aromatic carbocycles. The Morgan fingerprint density at radius 1 is 0.535 bits per heavy atom. The maximum absolute atomic E-state index is 12.1. The Hall–Kier alpha value is -3.36. The minimum Gasteiger partial charge on any atom is -0.352 e. The summed E-state index contributed by atoms with van der Waals surface area (Å²) in [5, 5.41) is 12.1. The van der Waals surface area contributed by atoms with E-state index < -0.39 is 12.1 Å². The smallest absolute Gasteiger partial charge is 0.222 e. The van der Waals surface area contributed by atoms with Crippen molar-refractivity contribution < 1.29 is 19.2 Å². The van der Waals surface area contributed by atoms with Crippen molar-refractivity contribution in [1.82, 2.24) is 21.3 Å². The number of ketones is 2. The van der Waals surface area contributed by atoms with Gasteiger partial charge in [-0.2, -0.15) is 0 Å². The van der Waals surface area contributed by atoms with Gasteiger partial charge in [0.2, 0.25) is 11.8 Å². The fraction of sp³-hybridized carbons (Fsp3) is 0.543. The number of amides is 2. The topological polar surface area (TPSA) is 116 Å². The summed E-state index contributed by atoms with van der Waals surface area (Å²) in [6.07, 6.45) is 0.365. The third-order valence-electron chi connectivity index (χ3n) is 6.34. The molecule has 0 radical (unpaired) electrons. The van der Waals surface area contributed by atoms with Crippen LogP contribution >= 0.6 is 0 Å². The van der Waals surface area contributed by atoms with Gasteiger partial charge < -0.3 is 21.3 Å². The van der Waals surface area contributed by atoms with Gasteiger partial charge in [-0.15, -0.1) is 0 Å². The van der Waals surface area contributed by atoms with Crippen molar-refractivity contribution in [2.24, 2.45) is 11.8 Å². The molecule has 0 saturated heterocycles. The van der Waals surface area contributed by atoms with Crippen LogP contribution in [0, 0.1) is 11.8 Å². The quantitative estimate of drug-likeness (QED) is 0.212. The zero-order chi connectivity index (χ0) is 31.7. The Morgan fingerprint density at radius 3 is 1.09 bits per heavy atom. The van der Waals surface area contributed by atoms with Crippen LogP contribution in [0.25, 0.3) is 0 Å². The van der Waals surface area contributed by atoms with Crippen LogP contribution in [0.2, 0.25) is 0 Å². The molecular formula is C35H56N4O4. The van der Waals surface area contributed by atoms with E-state index >= 15 is 0 Å². The molecule has 0 heterocycles. The Balaban J connectivity index is 0.000000802. The van der Waals surface area contributed by atoms with Crippen molar-refractivity contribution in [3.8, 4) is 0 Å². The molecule has 43 heavy (non-hydrogen) atoms. The number of hydrogen-bond acceptors (Lipinski definition) is 6. The van der Waals surface area contributed by atoms with Crippen LogP contribution in [0.5, 0.6) is 0 Å². The van der Waals surface area contributed by atoms with Crippen LogP contribution in [0.15, 0.2) is 60.7 Å². The number of rotatable bonds is 16. The normalized spacial score (nSPS) is 12.2. The molecule has 0 saturated carbocycles. The molecule has 8 nitrogen and oxygen atoms in total. The van der Waals surface area contributed by atoms with Gasteiger partial charge >= 0.3 is 0 Å². The second-order valence-corrected chi connectivity index (χ2v) is 11.8. The molecule has 2 aromatic rings. The number of carbonyl (C=O) groups is 4. The molecule has 0 aliphatic carbocycles. The van der Waals surface area contributed by atoms with Crippen molar-refractivity contribution in [2.45, 2.75) is 113 Å². The largest absolute Gasteiger partial charge is 0.352 e. The summed E-state index contributed by atoms with van der Waals surface area (Å²) in [6, 6.07) is 19.0. The van der Waals surface area contributed by atoms with Crippen LogP contribution < -0.4 is 21.3 Å². The second-order valence-electron chi connectivity index (χ2n) is 11.8. The molecule has 0 fully saturated rings. The van der Waals surface area contributed by atoms with E-state index in [1.165, 1.54) is 0 Å². The average Bonchev–Trinajstić information content (AvgIpc) is 2.94. The highest BCUT2D eigenvalue weighted by molar-refractivity contribution is 5.91. The number of carbonyl (C=O) groups excluding carboxylic acids is 4. The van der Waals surface area contributed by atoms with Crippen LogP contribution in [-0.2, 0) is 32.3 Å². The maximum Gasteiger partial charge on any atom is 0.222 e. The zero-order valence-corrected chi connectivity index (χ0v) is 26.7. The third kappa shape index (κ3) is 17.4. The minimum absolute atomic E-state index is 0. The minimum atomic E-state index is -0.416. The number of nitrogens with one attached hydrogen (secondary N) is 4. The van der Waals surface area contributed by atoms with Gasteiger partial charge in [0.15, 0.2) is 11.6 Å². The molecule has 0 spiro atoms. The molecule has 0 bridgehead atoms. The van der Waals surface area contributed by atoms with Crippen molar-refractivity contribution in [3.05, 3.63) is 71.8 Å². The lowest BCUT2D eigenvalue weighted by Crippen LogP contribution is -2.45. The number of benzene rings is 2. The van der Waals surface area contributed by atoms with Crippen molar-refractivity contribution in [1.29, 1.82) is 0 Å². The summed E-state index contributed by atoms with van der Waals surface area (Å²) in [6.45, 7) is 16.3. The first-order valence-electron chi connectivity index (χ1n) is 15.0. The molecule has 240 valence electrons. The van der Waals surface area contributed by atoms with Gasteiger partial charge in [-0.05, 0) is 11.1 Å². The fourth-order valence-electron chi connectivity index (χ4n) is 4.20. The lowest BCUT2D eigenvalue weighted by atomic mass is 9.98. The lowest BCUT2D eigenvalue weighted by molar-refractivity contribution is -0.129. The molecule has 2 rings (SSSR count). The van der Waals surface area contributed by atoms with E-state index in [9.17, 15) is 19.2 Å². The fourth-order valence-corrected chi connectivity index (χ4v) is 4.20. The van der Waals surface area contributed by atoms with Crippen molar-refractivity contribution >= 4 is 23.4 Å². The molecule has 2 unspecified atom stereocenters. The Kier molecular flexibility index (Phi) is 19.7. The van der Waals surface area contributed by atoms with Gasteiger partial charge in [0.1, 0.15) is 0 Å². The van der Waals surface area contributed by atoms with Gasteiger partial charge in [0.05, 0.1) is 12.1 Å². The van der Waals surface area contributed by atoms with Crippen molar-refractivity contribution in [2.75, 3.05) is 0 Å². The Morgan fingerprint density at radius 2 is 0.837 bits per heavy atom. The van der Waals surface area contributed by atoms with Crippen LogP contribution in [0.1, 0.15) is 86.8 Å². The summed E-state index contributed by atoms with van der Waals surface area (Å²) in [5.41, 5.74) is 2.10. The first-order valence-corrected chi connectivity index (χ1v) is 15.0. The predicted octanol–water partition coefficient (Wildman–Crippen LogP) is 5.21. The van der Waals surface area contributed by atoms with Gasteiger partial charge in [0, 0.05) is 49.9 Å². The van der Waals surface area contributed by atoms with E-state index in [0.29, 0.717) is 13.1 Å². The van der Waals surface area contributed by atoms with Crippen LogP contribution in [-0.4, -0.2) is 47.5 Å². The van der Waals surface area contributed by atoms with E-state index in [0.717, 1.165) is 11.1 Å². The highest BCUT2D eigenvalue weighted by atomic mass is 16.2. The van der Waals surface area contributed by atoms with Gasteiger partial charge in [-0.1, -0.05) is 123 Å². The molecule has 2 atom stereocenters. The van der Waals surface area contributed by atoms with Crippen LogP contribution in [0.3, 0.4) is 0 Å². The molecule has 2 amide bonds. The Labute approximate surface area is 260 Å². The molecular weight excluding hydrogens is 540 g/mol. The van der Waals surface area contributed by atoms with Gasteiger partial charge in [-0.3, -0.25) is 19.2 Å². The standard InChI is InChI=1S/2C17H26N2O2.CH4/c2*1-12(2)17(21)15(19-13(3)4)10-16(20)18-11-14-8-6-5-7-9-14;/h2*5-9,12-13,15,19H,10-11H2,1-4H3,(H,18,20);1H4. The summed E-state index contributed by atoms with van der Waals surface area (Å²) < 4.78 is 0. The molecule has 0 aliphatic heterocycles. The summed E-state index contributed by atoms with van der Waals surface area (Å²) in [7, 11) is 0. The van der Waals surface area contributed by atoms with Crippen molar-refractivity contribution in [3.63, 3.8) is 0 Å². The lowest BCUT2D eigenvalue weighted by Gasteiger charge is -2.21. The second kappa shape index (κ2) is 21.3. The first kappa shape index (κ1) is 39.6. The predicted molar refractivity (Wildman–Crippen MR) is 176 cm³/mol. The molecule has 4 N–H and O–H groups in total. The maximum atomic E-state index is 12.1. The van der Waals surface area contributed by atoms with Gasteiger partial charge in [0.25, 0.3) is 0 Å². The SMILES string of the molecule is C.CC(C)NC(CC(=O)NCc1ccccc1)C(=O)C(C)C.CC(C)NC(CC(=O)NCc1ccccc1)C(=O)C(C)C. The molecule has 0 aliphatic rings. The first-order chi connectivity index (χ1) is 19.8.